The van der Waals surface area contributed by atoms with Crippen LogP contribution in [0.5, 0.6) is 0 Å². The Balaban J connectivity index is 2.73. The fraction of sp³-hybridized carbons (Fsp3) is 0.312. The normalized spacial score (nSPS) is 12.1. The van der Waals surface area contributed by atoms with E-state index in [1.807, 2.05) is 0 Å². The Morgan fingerprint density at radius 3 is 2.56 bits per heavy atom. The number of esters is 1. The van der Waals surface area contributed by atoms with Gasteiger partial charge in [-0.2, -0.15) is 13.2 Å². The number of methoxy groups -OCH3 is 1. The highest BCUT2D eigenvalue weighted by Crippen LogP contribution is 2.29. The molecule has 0 spiro atoms. The van der Waals surface area contributed by atoms with Crippen molar-refractivity contribution in [2.75, 3.05) is 20.8 Å². The van der Waals surface area contributed by atoms with Crippen molar-refractivity contribution in [1.82, 2.24) is 0 Å². The highest BCUT2D eigenvalue weighted by atomic mass is 19.4. The predicted molar refractivity (Wildman–Crippen MR) is 83.8 cm³/mol. The average Bonchev–Trinajstić information content (AvgIpc) is 2.59. The zero-order chi connectivity index (χ0) is 18.9. The fourth-order valence-corrected chi connectivity index (χ4v) is 1.55. The SMILES string of the molecule is CON=C(C#CCON=C(C)c1cccc(C(F)(F)F)c1)C(=O)OC. The number of carbonyl (C=O) groups is 1. The van der Waals surface area contributed by atoms with E-state index < -0.39 is 17.7 Å². The lowest BCUT2D eigenvalue weighted by Crippen LogP contribution is -2.14. The van der Waals surface area contributed by atoms with Crippen molar-refractivity contribution in [2.24, 2.45) is 10.3 Å². The lowest BCUT2D eigenvalue weighted by atomic mass is 10.1. The molecule has 0 radical (unpaired) electrons. The first-order chi connectivity index (χ1) is 11.8. The summed E-state index contributed by atoms with van der Waals surface area (Å²) >= 11 is 0. The summed E-state index contributed by atoms with van der Waals surface area (Å²) in [6.07, 6.45) is -4.44. The molecule has 0 saturated carbocycles. The molecular formula is C16H15F3N2O4. The van der Waals surface area contributed by atoms with Crippen LogP contribution in [0.4, 0.5) is 13.2 Å². The van der Waals surface area contributed by atoms with E-state index in [2.05, 4.69) is 31.7 Å². The highest BCUT2D eigenvalue weighted by molar-refractivity contribution is 6.43. The second-order valence-electron chi connectivity index (χ2n) is 4.44. The number of alkyl halides is 3. The van der Waals surface area contributed by atoms with E-state index in [-0.39, 0.29) is 23.6 Å². The third kappa shape index (κ3) is 6.55. The van der Waals surface area contributed by atoms with Crippen LogP contribution in [0.1, 0.15) is 18.1 Å². The summed E-state index contributed by atoms with van der Waals surface area (Å²) in [6, 6.07) is 4.69. The molecule has 0 atom stereocenters. The lowest BCUT2D eigenvalue weighted by molar-refractivity contribution is -0.137. The summed E-state index contributed by atoms with van der Waals surface area (Å²) in [5, 5.41) is 7.06. The largest absolute Gasteiger partial charge is 0.464 e. The standard InChI is InChI=1S/C16H15F3N2O4/c1-11(12-6-4-7-13(10-12)16(17,18)19)20-25-9-5-8-14(21-24-3)15(22)23-2/h4,6-7,10H,9H2,1-3H3. The summed E-state index contributed by atoms with van der Waals surface area (Å²) in [7, 11) is 2.40. The molecular weight excluding hydrogens is 341 g/mol. The van der Waals surface area contributed by atoms with Gasteiger partial charge in [-0.05, 0) is 30.5 Å². The Hall–Kier alpha value is -3.02. The number of hydrogen-bond acceptors (Lipinski definition) is 6. The molecule has 6 nitrogen and oxygen atoms in total. The molecule has 0 aliphatic heterocycles. The van der Waals surface area contributed by atoms with Gasteiger partial charge in [-0.3, -0.25) is 0 Å². The molecule has 0 aromatic heterocycles. The van der Waals surface area contributed by atoms with Crippen molar-refractivity contribution >= 4 is 17.4 Å². The van der Waals surface area contributed by atoms with Crippen LogP contribution in [0.2, 0.25) is 0 Å². The third-order valence-electron chi connectivity index (χ3n) is 2.71. The first-order valence-corrected chi connectivity index (χ1v) is 6.82. The van der Waals surface area contributed by atoms with Gasteiger partial charge in [0.25, 0.3) is 0 Å². The van der Waals surface area contributed by atoms with Crippen LogP contribution < -0.4 is 0 Å². The quantitative estimate of drug-likeness (QED) is 0.267. The minimum atomic E-state index is -4.44. The van der Waals surface area contributed by atoms with Crippen LogP contribution in [-0.4, -0.2) is 38.2 Å². The molecule has 0 aliphatic carbocycles. The molecule has 0 aliphatic rings. The summed E-state index contributed by atoms with van der Waals surface area (Å²) in [6.45, 7) is 1.28. The first kappa shape index (κ1) is 20.0. The maximum absolute atomic E-state index is 12.7. The van der Waals surface area contributed by atoms with E-state index in [0.29, 0.717) is 0 Å². The van der Waals surface area contributed by atoms with Gasteiger partial charge in [-0.25, -0.2) is 4.79 Å². The molecule has 0 amide bonds. The van der Waals surface area contributed by atoms with Crippen molar-refractivity contribution in [3.05, 3.63) is 35.4 Å². The number of ether oxygens (including phenoxy) is 1. The summed E-state index contributed by atoms with van der Waals surface area (Å²) < 4.78 is 42.4. The molecule has 0 N–H and O–H groups in total. The van der Waals surface area contributed by atoms with Gasteiger partial charge in [0.05, 0.1) is 18.4 Å². The predicted octanol–water partition coefficient (Wildman–Crippen LogP) is 2.62. The van der Waals surface area contributed by atoms with E-state index in [0.717, 1.165) is 19.2 Å². The molecule has 25 heavy (non-hydrogen) atoms. The van der Waals surface area contributed by atoms with Gasteiger partial charge in [0.2, 0.25) is 5.71 Å². The lowest BCUT2D eigenvalue weighted by Gasteiger charge is -2.08. The molecule has 1 aromatic carbocycles. The van der Waals surface area contributed by atoms with Crippen molar-refractivity contribution in [2.45, 2.75) is 13.1 Å². The van der Waals surface area contributed by atoms with E-state index in [4.69, 9.17) is 4.84 Å². The van der Waals surface area contributed by atoms with E-state index in [1.54, 1.807) is 0 Å². The summed E-state index contributed by atoms with van der Waals surface area (Å²) in [5.74, 6) is 4.05. The van der Waals surface area contributed by atoms with Crippen LogP contribution in [0.25, 0.3) is 0 Å². The van der Waals surface area contributed by atoms with Crippen LogP contribution in [-0.2, 0) is 25.4 Å². The Morgan fingerprint density at radius 1 is 1.24 bits per heavy atom. The Labute approximate surface area is 142 Å². The minimum absolute atomic E-state index is 0.212. The molecule has 1 rings (SSSR count). The number of halogens is 3. The molecule has 9 heteroatoms. The minimum Gasteiger partial charge on any atom is -0.464 e. The Bertz CT molecular complexity index is 731. The number of benzene rings is 1. The van der Waals surface area contributed by atoms with Crippen LogP contribution in [0, 0.1) is 11.8 Å². The van der Waals surface area contributed by atoms with Gasteiger partial charge in [0.1, 0.15) is 7.11 Å². The number of hydrogen-bond donors (Lipinski definition) is 0. The van der Waals surface area contributed by atoms with Gasteiger partial charge in [-0.1, -0.05) is 28.4 Å². The summed E-state index contributed by atoms with van der Waals surface area (Å²) in [5.41, 5.74) is -0.532. The third-order valence-corrected chi connectivity index (χ3v) is 2.71. The van der Waals surface area contributed by atoms with Crippen LogP contribution >= 0.6 is 0 Å². The smallest absolute Gasteiger partial charge is 0.416 e. The monoisotopic (exact) mass is 356 g/mol. The van der Waals surface area contributed by atoms with Gasteiger partial charge in [0.15, 0.2) is 6.61 Å². The molecule has 0 heterocycles. The van der Waals surface area contributed by atoms with Gasteiger partial charge in [0, 0.05) is 0 Å². The molecule has 0 fully saturated rings. The first-order valence-electron chi connectivity index (χ1n) is 6.82. The van der Waals surface area contributed by atoms with Crippen molar-refractivity contribution in [1.29, 1.82) is 0 Å². The second-order valence-corrected chi connectivity index (χ2v) is 4.44. The van der Waals surface area contributed by atoms with Crippen molar-refractivity contribution < 1.29 is 32.4 Å². The number of carbonyl (C=O) groups excluding carboxylic acids is 1. The zero-order valence-corrected chi connectivity index (χ0v) is 13.7. The van der Waals surface area contributed by atoms with Gasteiger partial charge < -0.3 is 14.4 Å². The number of oxime groups is 2. The van der Waals surface area contributed by atoms with Gasteiger partial charge >= 0.3 is 12.1 Å². The van der Waals surface area contributed by atoms with Crippen LogP contribution in [0.3, 0.4) is 0 Å². The van der Waals surface area contributed by atoms with Crippen molar-refractivity contribution in [3.8, 4) is 11.8 Å². The van der Waals surface area contributed by atoms with E-state index in [1.165, 1.54) is 26.2 Å². The Morgan fingerprint density at radius 2 is 1.96 bits per heavy atom. The molecule has 0 unspecified atom stereocenters. The molecule has 0 bridgehead atoms. The van der Waals surface area contributed by atoms with E-state index >= 15 is 0 Å². The van der Waals surface area contributed by atoms with Gasteiger partial charge in [-0.15, -0.1) is 0 Å². The van der Waals surface area contributed by atoms with Crippen LogP contribution in [0.15, 0.2) is 34.6 Å². The Kier molecular flexibility index (Phi) is 7.46. The molecule has 1 aromatic rings. The average molecular weight is 356 g/mol. The summed E-state index contributed by atoms with van der Waals surface area (Å²) in [4.78, 5) is 20.6. The van der Waals surface area contributed by atoms with E-state index in [9.17, 15) is 18.0 Å². The maximum atomic E-state index is 12.7. The zero-order valence-electron chi connectivity index (χ0n) is 13.7. The topological polar surface area (TPSA) is 69.5 Å². The number of nitrogens with zero attached hydrogens (tertiary/aromatic N) is 2. The highest BCUT2D eigenvalue weighted by Gasteiger charge is 2.30. The second kappa shape index (κ2) is 9.32. The fourth-order valence-electron chi connectivity index (χ4n) is 1.55. The van der Waals surface area contributed by atoms with Crippen molar-refractivity contribution in [3.63, 3.8) is 0 Å². The molecule has 134 valence electrons. The number of rotatable bonds is 5. The molecule has 0 saturated heterocycles. The maximum Gasteiger partial charge on any atom is 0.416 e.